The van der Waals surface area contributed by atoms with Crippen molar-refractivity contribution in [1.29, 1.82) is 0 Å². The summed E-state index contributed by atoms with van der Waals surface area (Å²) in [5, 5.41) is 2.70. The summed E-state index contributed by atoms with van der Waals surface area (Å²) < 4.78 is 0. The molecule has 25 heavy (non-hydrogen) atoms. The van der Waals surface area contributed by atoms with Gasteiger partial charge in [0.05, 0.1) is 18.4 Å². The molecule has 0 aliphatic heterocycles. The van der Waals surface area contributed by atoms with E-state index in [4.69, 9.17) is 0 Å². The normalized spacial score (nSPS) is 10.3. The zero-order valence-corrected chi connectivity index (χ0v) is 13.8. The summed E-state index contributed by atoms with van der Waals surface area (Å²) >= 11 is 0. The monoisotopic (exact) mass is 334 g/mol. The van der Waals surface area contributed by atoms with Crippen molar-refractivity contribution in [3.63, 3.8) is 0 Å². The van der Waals surface area contributed by atoms with Crippen LogP contribution in [0.5, 0.6) is 0 Å². The zero-order chi connectivity index (χ0) is 17.6. The van der Waals surface area contributed by atoms with Crippen molar-refractivity contribution in [2.24, 2.45) is 0 Å². The van der Waals surface area contributed by atoms with Crippen LogP contribution in [-0.4, -0.2) is 21.8 Å². The van der Waals surface area contributed by atoms with Crippen LogP contribution in [0.1, 0.15) is 23.1 Å². The number of rotatable bonds is 5. The van der Waals surface area contributed by atoms with Crippen LogP contribution in [-0.2, 0) is 11.3 Å². The van der Waals surface area contributed by atoms with Crippen molar-refractivity contribution in [2.75, 3.05) is 4.90 Å². The number of H-pyrrole nitrogens is 1. The van der Waals surface area contributed by atoms with Crippen LogP contribution in [0.4, 0.5) is 11.4 Å². The molecule has 0 fully saturated rings. The summed E-state index contributed by atoms with van der Waals surface area (Å²) in [6.45, 7) is 1.80. The van der Waals surface area contributed by atoms with Gasteiger partial charge in [0, 0.05) is 24.5 Å². The second kappa shape index (κ2) is 7.44. The van der Waals surface area contributed by atoms with Crippen molar-refractivity contribution in [3.05, 3.63) is 78.4 Å². The first-order valence-corrected chi connectivity index (χ1v) is 7.87. The van der Waals surface area contributed by atoms with Crippen LogP contribution >= 0.6 is 0 Å². The minimum atomic E-state index is -0.201. The van der Waals surface area contributed by atoms with Crippen molar-refractivity contribution < 1.29 is 9.59 Å². The summed E-state index contributed by atoms with van der Waals surface area (Å²) in [4.78, 5) is 32.9. The van der Waals surface area contributed by atoms with Crippen molar-refractivity contribution in [3.8, 4) is 0 Å². The smallest absolute Gasteiger partial charge is 0.279 e. The van der Waals surface area contributed by atoms with Crippen LogP contribution in [0.2, 0.25) is 0 Å². The molecule has 2 N–H and O–H groups in total. The van der Waals surface area contributed by atoms with E-state index in [9.17, 15) is 9.59 Å². The number of hydrogen-bond acceptors (Lipinski definition) is 3. The molecular formula is C19H18N4O2. The molecule has 0 bridgehead atoms. The third-order valence-corrected chi connectivity index (χ3v) is 3.63. The number of nitrogens with one attached hydrogen (secondary N) is 2. The fourth-order valence-electron chi connectivity index (χ4n) is 2.45. The molecule has 3 rings (SSSR count). The molecule has 1 aromatic carbocycles. The summed E-state index contributed by atoms with van der Waals surface area (Å²) in [6.07, 6.45) is 3.31. The molecule has 126 valence electrons. The highest BCUT2D eigenvalue weighted by Crippen LogP contribution is 2.26. The first-order valence-electron chi connectivity index (χ1n) is 7.87. The van der Waals surface area contributed by atoms with Gasteiger partial charge in [0.1, 0.15) is 5.69 Å². The Bertz CT molecular complexity index is 820. The molecule has 3 aromatic rings. The number of para-hydroxylation sites is 1. The molecule has 2 amide bonds. The number of carbonyl (C=O) groups excluding carboxylic acids is 2. The quantitative estimate of drug-likeness (QED) is 0.753. The number of benzene rings is 1. The lowest BCUT2D eigenvalue weighted by Gasteiger charge is -2.22. The molecule has 0 unspecified atom stereocenters. The number of amides is 2. The number of hydrogen-bond donors (Lipinski definition) is 2. The number of nitrogens with zero attached hydrogens (tertiary/aromatic N) is 2. The van der Waals surface area contributed by atoms with Gasteiger partial charge < -0.3 is 10.3 Å². The van der Waals surface area contributed by atoms with E-state index in [0.29, 0.717) is 17.9 Å². The summed E-state index contributed by atoms with van der Waals surface area (Å²) in [7, 11) is 0. The van der Waals surface area contributed by atoms with E-state index in [1.807, 2.05) is 36.4 Å². The highest BCUT2D eigenvalue weighted by atomic mass is 16.2. The minimum absolute atomic E-state index is 0.122. The molecule has 6 nitrogen and oxygen atoms in total. The van der Waals surface area contributed by atoms with Gasteiger partial charge in [-0.3, -0.25) is 19.5 Å². The number of aromatic amines is 1. The first-order chi connectivity index (χ1) is 12.1. The Balaban J connectivity index is 1.91. The van der Waals surface area contributed by atoms with E-state index < -0.39 is 0 Å². The van der Waals surface area contributed by atoms with Gasteiger partial charge in [-0.05, 0) is 36.4 Å². The minimum Gasteiger partial charge on any atom is -0.353 e. The molecule has 2 heterocycles. The lowest BCUT2D eigenvalue weighted by atomic mass is 10.2. The van der Waals surface area contributed by atoms with Gasteiger partial charge in [-0.1, -0.05) is 18.2 Å². The molecule has 0 aliphatic carbocycles. The Labute approximate surface area is 145 Å². The number of anilines is 2. The van der Waals surface area contributed by atoms with Gasteiger partial charge in [0.2, 0.25) is 5.91 Å². The molecular weight excluding hydrogens is 316 g/mol. The molecule has 2 aromatic heterocycles. The molecule has 0 saturated carbocycles. The van der Waals surface area contributed by atoms with Gasteiger partial charge in [-0.25, -0.2) is 0 Å². The molecule has 0 spiro atoms. The van der Waals surface area contributed by atoms with Crippen LogP contribution in [0.3, 0.4) is 0 Å². The Kier molecular flexibility index (Phi) is 4.89. The molecule has 0 atom stereocenters. The topological polar surface area (TPSA) is 78.1 Å². The highest BCUT2D eigenvalue weighted by Gasteiger charge is 2.21. The van der Waals surface area contributed by atoms with Crippen molar-refractivity contribution in [1.82, 2.24) is 15.3 Å². The van der Waals surface area contributed by atoms with Crippen molar-refractivity contribution >= 4 is 23.2 Å². The van der Waals surface area contributed by atoms with Gasteiger partial charge in [-0.15, -0.1) is 0 Å². The van der Waals surface area contributed by atoms with Crippen LogP contribution in [0.25, 0.3) is 0 Å². The zero-order valence-electron chi connectivity index (χ0n) is 13.8. The lowest BCUT2D eigenvalue weighted by molar-refractivity contribution is -0.119. The van der Waals surface area contributed by atoms with Gasteiger partial charge >= 0.3 is 0 Å². The molecule has 6 heteroatoms. The fraction of sp³-hybridized carbons (Fsp3) is 0.105. The van der Waals surface area contributed by atoms with E-state index in [-0.39, 0.29) is 11.8 Å². The molecule has 0 saturated heterocycles. The third-order valence-electron chi connectivity index (χ3n) is 3.63. The average molecular weight is 334 g/mol. The van der Waals surface area contributed by atoms with E-state index in [1.165, 1.54) is 6.92 Å². The largest absolute Gasteiger partial charge is 0.353 e. The van der Waals surface area contributed by atoms with Gasteiger partial charge in [-0.2, -0.15) is 0 Å². The van der Waals surface area contributed by atoms with Crippen LogP contribution < -0.4 is 10.2 Å². The van der Waals surface area contributed by atoms with Crippen LogP contribution in [0.15, 0.2) is 67.0 Å². The summed E-state index contributed by atoms with van der Waals surface area (Å²) in [6, 6.07) is 16.5. The molecule has 0 radical (unpaired) electrons. The standard InChI is InChI=1S/C19H18N4O2/c1-14(24)21-12-15-9-10-18(22-15)19(25)23(16-6-3-2-4-7-16)17-8-5-11-20-13-17/h2-11,13,22H,12H2,1H3,(H,21,24). The van der Waals surface area contributed by atoms with E-state index >= 15 is 0 Å². The Morgan fingerprint density at radius 2 is 1.80 bits per heavy atom. The van der Waals surface area contributed by atoms with E-state index in [2.05, 4.69) is 15.3 Å². The maximum atomic E-state index is 13.1. The van der Waals surface area contributed by atoms with Gasteiger partial charge in [0.25, 0.3) is 5.91 Å². The van der Waals surface area contributed by atoms with Gasteiger partial charge in [0.15, 0.2) is 0 Å². The summed E-state index contributed by atoms with van der Waals surface area (Å²) in [5.74, 6) is -0.322. The maximum absolute atomic E-state index is 13.1. The second-order valence-electron chi connectivity index (χ2n) is 5.49. The average Bonchev–Trinajstić information content (AvgIpc) is 3.11. The second-order valence-corrected chi connectivity index (χ2v) is 5.49. The molecule has 0 aliphatic rings. The fourth-order valence-corrected chi connectivity index (χ4v) is 2.45. The predicted molar refractivity (Wildman–Crippen MR) is 95.5 cm³/mol. The van der Waals surface area contributed by atoms with E-state index in [1.54, 1.807) is 35.5 Å². The predicted octanol–water partition coefficient (Wildman–Crippen LogP) is 3.02. The SMILES string of the molecule is CC(=O)NCc1ccc(C(=O)N(c2ccccc2)c2cccnc2)[nH]1. The lowest BCUT2D eigenvalue weighted by Crippen LogP contribution is -2.26. The first kappa shape index (κ1) is 16.4. The number of carbonyl (C=O) groups is 2. The van der Waals surface area contributed by atoms with Crippen LogP contribution in [0, 0.1) is 0 Å². The third kappa shape index (κ3) is 3.92. The Hall–Kier alpha value is -3.41. The summed E-state index contributed by atoms with van der Waals surface area (Å²) in [5.41, 5.74) is 2.63. The number of aromatic nitrogens is 2. The van der Waals surface area contributed by atoms with E-state index in [0.717, 1.165) is 11.4 Å². The van der Waals surface area contributed by atoms with Crippen molar-refractivity contribution in [2.45, 2.75) is 13.5 Å². The Morgan fingerprint density at radius 1 is 1.04 bits per heavy atom. The Morgan fingerprint density at radius 3 is 2.48 bits per heavy atom. The number of pyridine rings is 1. The maximum Gasteiger partial charge on any atom is 0.279 e. The highest BCUT2D eigenvalue weighted by molar-refractivity contribution is 6.09.